The van der Waals surface area contributed by atoms with Crippen LogP contribution in [0.1, 0.15) is 0 Å². The highest BCUT2D eigenvalue weighted by Gasteiger charge is 1.96. The Morgan fingerprint density at radius 1 is 1.33 bits per heavy atom. The highest BCUT2D eigenvalue weighted by molar-refractivity contribution is 9.10. The molecule has 0 saturated carbocycles. The molecule has 47 valence electrons. The Morgan fingerprint density at radius 3 is 2.44 bits per heavy atom. The second kappa shape index (κ2) is 2.35. The van der Waals surface area contributed by atoms with E-state index in [1.807, 2.05) is 0 Å². The predicted molar refractivity (Wildman–Crippen MR) is 34.2 cm³/mol. The molecule has 0 atom stereocenters. The molecule has 3 heteroatoms. The molecule has 0 heterocycles. The van der Waals surface area contributed by atoms with Gasteiger partial charge in [0.05, 0.1) is 0 Å². The van der Waals surface area contributed by atoms with E-state index in [1.54, 1.807) is 0 Å². The van der Waals surface area contributed by atoms with E-state index in [0.717, 1.165) is 6.07 Å². The molecule has 0 spiro atoms. The van der Waals surface area contributed by atoms with Gasteiger partial charge in [-0.25, -0.2) is 4.39 Å². The van der Waals surface area contributed by atoms with Crippen LogP contribution in [0.4, 0.5) is 4.39 Å². The van der Waals surface area contributed by atoms with Gasteiger partial charge >= 0.3 is 0 Å². The molecule has 1 radical (unpaired) electrons. The van der Waals surface area contributed by atoms with Crippen molar-refractivity contribution in [3.05, 3.63) is 28.5 Å². The summed E-state index contributed by atoms with van der Waals surface area (Å²) in [6, 6.07) is 3.48. The fourth-order valence-corrected chi connectivity index (χ4v) is 0.973. The monoisotopic (exact) mass is 189 g/mol. The van der Waals surface area contributed by atoms with Gasteiger partial charge < -0.3 is 0 Å². The van der Waals surface area contributed by atoms with E-state index in [-0.39, 0.29) is 5.75 Å². The molecule has 0 aliphatic carbocycles. The van der Waals surface area contributed by atoms with E-state index in [4.69, 9.17) is 0 Å². The lowest BCUT2D eigenvalue weighted by atomic mass is 10.3. The van der Waals surface area contributed by atoms with Gasteiger partial charge in [0.1, 0.15) is 5.82 Å². The minimum atomic E-state index is -0.505. The summed E-state index contributed by atoms with van der Waals surface area (Å²) in [6.07, 6.45) is 0. The lowest BCUT2D eigenvalue weighted by molar-refractivity contribution is 0.352. The Hall–Kier alpha value is -0.570. The molecule has 1 rings (SSSR count). The van der Waals surface area contributed by atoms with E-state index in [1.165, 1.54) is 12.1 Å². The molecule has 0 fully saturated rings. The average Bonchev–Trinajstić information content (AvgIpc) is 1.59. The SMILES string of the molecule is [O]c1cc(F)cc(Br)c1. The number of halogens is 2. The van der Waals surface area contributed by atoms with Gasteiger partial charge in [-0.05, 0) is 12.1 Å². The smallest absolute Gasteiger partial charge is 0.182 e. The summed E-state index contributed by atoms with van der Waals surface area (Å²) < 4.78 is 12.7. The molecule has 0 aromatic heterocycles. The second-order valence-electron chi connectivity index (χ2n) is 1.61. The molecule has 0 saturated heterocycles. The van der Waals surface area contributed by atoms with Crippen molar-refractivity contribution in [3.63, 3.8) is 0 Å². The number of hydrogen-bond donors (Lipinski definition) is 0. The van der Waals surface area contributed by atoms with E-state index in [0.29, 0.717) is 4.47 Å². The van der Waals surface area contributed by atoms with Crippen LogP contribution in [-0.2, 0) is 5.11 Å². The zero-order valence-electron chi connectivity index (χ0n) is 4.40. The van der Waals surface area contributed by atoms with E-state index < -0.39 is 5.82 Å². The molecule has 0 aliphatic heterocycles. The minimum Gasteiger partial charge on any atom is -0.290 e. The first kappa shape index (κ1) is 6.55. The molecule has 0 unspecified atom stereocenters. The normalized spacial score (nSPS) is 9.56. The fourth-order valence-electron chi connectivity index (χ4n) is 0.529. The molecule has 9 heavy (non-hydrogen) atoms. The first-order valence-corrected chi connectivity index (χ1v) is 3.11. The van der Waals surface area contributed by atoms with E-state index in [9.17, 15) is 9.50 Å². The van der Waals surface area contributed by atoms with Crippen molar-refractivity contribution in [2.45, 2.75) is 0 Å². The van der Waals surface area contributed by atoms with Gasteiger partial charge in [-0.1, -0.05) is 15.9 Å². The van der Waals surface area contributed by atoms with Gasteiger partial charge in [0.2, 0.25) is 0 Å². The first-order valence-electron chi connectivity index (χ1n) is 2.31. The summed E-state index contributed by atoms with van der Waals surface area (Å²) in [5.74, 6) is -0.823. The first-order chi connectivity index (χ1) is 4.18. The van der Waals surface area contributed by atoms with Crippen LogP contribution >= 0.6 is 15.9 Å². The summed E-state index contributed by atoms with van der Waals surface area (Å²) in [4.78, 5) is 0. The largest absolute Gasteiger partial charge is 0.290 e. The third kappa shape index (κ3) is 1.68. The summed E-state index contributed by atoms with van der Waals surface area (Å²) >= 11 is 2.97. The highest BCUT2D eigenvalue weighted by atomic mass is 79.9. The quantitative estimate of drug-likeness (QED) is 0.599. The highest BCUT2D eigenvalue weighted by Crippen LogP contribution is 2.19. The van der Waals surface area contributed by atoms with Crippen LogP contribution in [0.3, 0.4) is 0 Å². The van der Waals surface area contributed by atoms with Crippen molar-refractivity contribution in [3.8, 4) is 5.75 Å². The van der Waals surface area contributed by atoms with Gasteiger partial charge in [0.15, 0.2) is 5.75 Å². The van der Waals surface area contributed by atoms with Gasteiger partial charge in [0.25, 0.3) is 0 Å². The third-order valence-corrected chi connectivity index (χ3v) is 1.29. The van der Waals surface area contributed by atoms with E-state index in [2.05, 4.69) is 15.9 Å². The summed E-state index contributed by atoms with van der Waals surface area (Å²) in [5.41, 5.74) is 0. The standard InChI is InChI=1S/C6H3BrFO/c7-4-1-5(8)3-6(9)2-4/h1-3H. The summed E-state index contributed by atoms with van der Waals surface area (Å²) in [5, 5.41) is 10.4. The Kier molecular flexibility index (Phi) is 1.71. The van der Waals surface area contributed by atoms with Crippen molar-refractivity contribution >= 4 is 15.9 Å². The number of rotatable bonds is 0. The van der Waals surface area contributed by atoms with Crippen molar-refractivity contribution < 1.29 is 9.50 Å². The van der Waals surface area contributed by atoms with Crippen molar-refractivity contribution in [1.29, 1.82) is 0 Å². The van der Waals surface area contributed by atoms with Gasteiger partial charge in [-0.15, -0.1) is 0 Å². The number of hydrogen-bond acceptors (Lipinski definition) is 0. The van der Waals surface area contributed by atoms with E-state index >= 15 is 0 Å². The van der Waals surface area contributed by atoms with Crippen LogP contribution in [0.15, 0.2) is 22.7 Å². The molecular formula is C6H3BrFO. The summed E-state index contributed by atoms with van der Waals surface area (Å²) in [7, 11) is 0. The molecule has 0 N–H and O–H groups in total. The average molecular weight is 190 g/mol. The maximum atomic E-state index is 12.2. The summed E-state index contributed by atoms with van der Waals surface area (Å²) in [6.45, 7) is 0. The zero-order valence-corrected chi connectivity index (χ0v) is 5.98. The molecular weight excluding hydrogens is 187 g/mol. The fraction of sp³-hybridized carbons (Fsp3) is 0. The lowest BCUT2D eigenvalue weighted by Crippen LogP contribution is -1.70. The Balaban J connectivity index is 3.17. The Morgan fingerprint density at radius 2 is 2.00 bits per heavy atom. The van der Waals surface area contributed by atoms with Crippen LogP contribution in [0, 0.1) is 5.82 Å². The van der Waals surface area contributed by atoms with Crippen LogP contribution in [0.2, 0.25) is 0 Å². The van der Waals surface area contributed by atoms with Crippen molar-refractivity contribution in [1.82, 2.24) is 0 Å². The molecule has 0 amide bonds. The zero-order chi connectivity index (χ0) is 6.85. The van der Waals surface area contributed by atoms with Crippen LogP contribution in [0.5, 0.6) is 5.75 Å². The molecule has 1 aromatic carbocycles. The Bertz CT molecular complexity index is 174. The van der Waals surface area contributed by atoms with Crippen molar-refractivity contribution in [2.24, 2.45) is 0 Å². The van der Waals surface area contributed by atoms with Gasteiger partial charge in [-0.2, -0.15) is 0 Å². The Labute approximate surface area is 60.3 Å². The van der Waals surface area contributed by atoms with Crippen LogP contribution in [0.25, 0.3) is 0 Å². The molecule has 0 aliphatic rings. The van der Waals surface area contributed by atoms with Crippen LogP contribution < -0.4 is 0 Å². The predicted octanol–water partition coefficient (Wildman–Crippen LogP) is 2.73. The third-order valence-electron chi connectivity index (χ3n) is 0.836. The number of benzene rings is 1. The van der Waals surface area contributed by atoms with Crippen molar-refractivity contribution in [2.75, 3.05) is 0 Å². The topological polar surface area (TPSA) is 19.9 Å². The maximum absolute atomic E-state index is 12.2. The van der Waals surface area contributed by atoms with Gasteiger partial charge in [-0.3, -0.25) is 5.11 Å². The molecule has 1 nitrogen and oxygen atoms in total. The maximum Gasteiger partial charge on any atom is 0.182 e. The molecule has 0 bridgehead atoms. The van der Waals surface area contributed by atoms with Crippen LogP contribution in [-0.4, -0.2) is 0 Å². The van der Waals surface area contributed by atoms with Gasteiger partial charge in [0, 0.05) is 10.5 Å². The molecule has 1 aromatic rings. The lowest BCUT2D eigenvalue weighted by Gasteiger charge is -1.89. The second-order valence-corrected chi connectivity index (χ2v) is 2.52. The minimum absolute atomic E-state index is 0.318.